The topological polar surface area (TPSA) is 30.7 Å². The minimum Gasteiger partial charge on any atom is -0.308 e. The molecule has 0 unspecified atom stereocenters. The number of nitrogens with zero attached hydrogens (tertiary/aromatic N) is 3. The molecule has 234 valence electrons. The Hall–Kier alpha value is -6.65. The fourth-order valence-electron chi connectivity index (χ4n) is 7.71. The number of fused-ring (bicyclic) bond motifs is 6. The van der Waals surface area contributed by atoms with Crippen LogP contribution in [0.2, 0.25) is 0 Å². The summed E-state index contributed by atoms with van der Waals surface area (Å²) in [6.45, 7) is 0. The van der Waals surface area contributed by atoms with Crippen LogP contribution in [0.25, 0.3) is 93.3 Å². The Labute approximate surface area is 287 Å². The lowest BCUT2D eigenvalue weighted by Crippen LogP contribution is -1.94. The summed E-state index contributed by atoms with van der Waals surface area (Å²) < 4.78 is 16.3. The Bertz CT molecular complexity index is 2870. The number of aromatic nitrogens is 3. The van der Waals surface area contributed by atoms with Crippen LogP contribution in [0.3, 0.4) is 0 Å². The average molecular weight is 642 g/mol. The quantitative estimate of drug-likeness (QED) is 0.179. The molecule has 10 rings (SSSR count). The van der Waals surface area contributed by atoms with Crippen LogP contribution in [0.15, 0.2) is 170 Å². The van der Waals surface area contributed by atoms with Gasteiger partial charge in [-0.2, -0.15) is 0 Å². The zero-order valence-corrected chi connectivity index (χ0v) is 26.9. The van der Waals surface area contributed by atoms with Crippen molar-refractivity contribution in [2.75, 3.05) is 0 Å². The molecule has 0 amide bonds. The number of pyridine rings is 2. The highest BCUT2D eigenvalue weighted by Gasteiger charge is 2.18. The van der Waals surface area contributed by atoms with E-state index in [2.05, 4.69) is 137 Å². The van der Waals surface area contributed by atoms with Gasteiger partial charge >= 0.3 is 0 Å². The molecule has 0 bridgehead atoms. The maximum Gasteiger partial charge on any atom is 0.123 e. The Morgan fingerprint density at radius 3 is 1.78 bits per heavy atom. The molecule has 0 fully saturated rings. The first-order valence-corrected chi connectivity index (χ1v) is 16.7. The highest BCUT2D eigenvalue weighted by molar-refractivity contribution is 6.21. The van der Waals surface area contributed by atoms with Gasteiger partial charge in [-0.15, -0.1) is 0 Å². The lowest BCUT2D eigenvalue weighted by molar-refractivity contribution is 0.629. The van der Waals surface area contributed by atoms with Gasteiger partial charge in [-0.25, -0.2) is 4.39 Å². The minimum atomic E-state index is -0.250. The summed E-state index contributed by atoms with van der Waals surface area (Å²) in [4.78, 5) is 9.36. The first-order valence-electron chi connectivity index (χ1n) is 16.7. The van der Waals surface area contributed by atoms with Crippen molar-refractivity contribution in [2.24, 2.45) is 0 Å². The molecule has 7 aromatic carbocycles. The Kier molecular flexibility index (Phi) is 6.36. The third kappa shape index (κ3) is 4.42. The molecule has 3 heterocycles. The highest BCUT2D eigenvalue weighted by Crippen LogP contribution is 2.44. The summed E-state index contributed by atoms with van der Waals surface area (Å²) in [7, 11) is 0. The van der Waals surface area contributed by atoms with Crippen molar-refractivity contribution in [1.82, 2.24) is 14.5 Å². The first-order chi connectivity index (χ1) is 24.7. The molecule has 4 heteroatoms. The van der Waals surface area contributed by atoms with E-state index in [-0.39, 0.29) is 5.82 Å². The molecule has 3 nitrogen and oxygen atoms in total. The monoisotopic (exact) mass is 641 g/mol. The molecule has 0 aliphatic carbocycles. The summed E-state index contributed by atoms with van der Waals surface area (Å²) >= 11 is 0. The Morgan fingerprint density at radius 1 is 0.440 bits per heavy atom. The molecular weight excluding hydrogens is 614 g/mol. The third-order valence-electron chi connectivity index (χ3n) is 9.97. The lowest BCUT2D eigenvalue weighted by Gasteiger charge is -2.18. The second-order valence-electron chi connectivity index (χ2n) is 12.8. The molecule has 0 radical (unpaired) electrons. The van der Waals surface area contributed by atoms with Gasteiger partial charge in [-0.05, 0) is 97.5 Å². The van der Waals surface area contributed by atoms with E-state index >= 15 is 0 Å². The molecule has 50 heavy (non-hydrogen) atoms. The van der Waals surface area contributed by atoms with Crippen molar-refractivity contribution in [1.29, 1.82) is 0 Å². The van der Waals surface area contributed by atoms with Crippen LogP contribution in [0.1, 0.15) is 0 Å². The summed E-state index contributed by atoms with van der Waals surface area (Å²) in [6.07, 6.45) is 5.59. The average Bonchev–Trinajstić information content (AvgIpc) is 3.50. The lowest BCUT2D eigenvalue weighted by atomic mass is 9.86. The van der Waals surface area contributed by atoms with E-state index in [4.69, 9.17) is 4.98 Å². The summed E-state index contributed by atoms with van der Waals surface area (Å²) in [5, 5.41) is 9.16. The van der Waals surface area contributed by atoms with Crippen LogP contribution in [-0.4, -0.2) is 14.5 Å². The zero-order valence-electron chi connectivity index (χ0n) is 26.9. The van der Waals surface area contributed by atoms with Crippen molar-refractivity contribution >= 4 is 54.1 Å². The summed E-state index contributed by atoms with van der Waals surface area (Å²) in [6, 6.07) is 52.3. The third-order valence-corrected chi connectivity index (χ3v) is 9.97. The van der Waals surface area contributed by atoms with Gasteiger partial charge < -0.3 is 4.57 Å². The normalized spacial score (nSPS) is 11.7. The predicted octanol–water partition coefficient (Wildman–Crippen LogP) is 12.2. The number of hydrogen-bond donors (Lipinski definition) is 0. The van der Waals surface area contributed by atoms with Crippen LogP contribution in [0.4, 0.5) is 4.39 Å². The predicted molar refractivity (Wildman–Crippen MR) is 205 cm³/mol. The van der Waals surface area contributed by atoms with Crippen molar-refractivity contribution in [3.63, 3.8) is 0 Å². The molecule has 0 atom stereocenters. The summed E-state index contributed by atoms with van der Waals surface area (Å²) in [5.74, 6) is -0.250. The molecule has 0 aliphatic rings. The van der Waals surface area contributed by atoms with Crippen molar-refractivity contribution in [3.05, 3.63) is 176 Å². The molecule has 0 saturated heterocycles. The Morgan fingerprint density at radius 2 is 1.08 bits per heavy atom. The van der Waals surface area contributed by atoms with E-state index in [1.54, 1.807) is 12.3 Å². The van der Waals surface area contributed by atoms with E-state index in [1.807, 2.05) is 24.5 Å². The van der Waals surface area contributed by atoms with Crippen LogP contribution in [-0.2, 0) is 0 Å². The highest BCUT2D eigenvalue weighted by atomic mass is 19.1. The summed E-state index contributed by atoms with van der Waals surface area (Å²) in [5.41, 5.74) is 9.50. The SMILES string of the molecule is Fc1ccc2c(c1)c1ccncc1n2-c1ccc(-c2ccc(-c3c4ccccc4c(-c4ccc5ccccc5c4)c4ccccc34)cn2)cc1. The van der Waals surface area contributed by atoms with Crippen LogP contribution < -0.4 is 0 Å². The molecule has 0 saturated carbocycles. The van der Waals surface area contributed by atoms with E-state index in [1.165, 1.54) is 55.1 Å². The van der Waals surface area contributed by atoms with Crippen LogP contribution in [0, 0.1) is 5.82 Å². The number of hydrogen-bond acceptors (Lipinski definition) is 2. The van der Waals surface area contributed by atoms with Gasteiger partial charge in [-0.3, -0.25) is 9.97 Å². The van der Waals surface area contributed by atoms with Gasteiger partial charge in [0.25, 0.3) is 0 Å². The second-order valence-corrected chi connectivity index (χ2v) is 12.8. The van der Waals surface area contributed by atoms with Crippen molar-refractivity contribution in [3.8, 4) is 39.2 Å². The van der Waals surface area contributed by atoms with E-state index in [9.17, 15) is 4.39 Å². The van der Waals surface area contributed by atoms with Gasteiger partial charge in [0.2, 0.25) is 0 Å². The van der Waals surface area contributed by atoms with Crippen LogP contribution >= 0.6 is 0 Å². The maximum absolute atomic E-state index is 14.2. The molecule has 10 aromatic rings. The maximum atomic E-state index is 14.2. The van der Waals surface area contributed by atoms with E-state index in [0.29, 0.717) is 0 Å². The van der Waals surface area contributed by atoms with Crippen molar-refractivity contribution < 1.29 is 4.39 Å². The second kappa shape index (κ2) is 11.2. The van der Waals surface area contributed by atoms with Gasteiger partial charge in [0.05, 0.1) is 22.9 Å². The number of halogens is 1. The molecule has 3 aromatic heterocycles. The fraction of sp³-hybridized carbons (Fsp3) is 0. The van der Waals surface area contributed by atoms with Crippen LogP contribution in [0.5, 0.6) is 0 Å². The van der Waals surface area contributed by atoms with Gasteiger partial charge in [0, 0.05) is 40.0 Å². The van der Waals surface area contributed by atoms with Gasteiger partial charge in [0.1, 0.15) is 5.82 Å². The smallest absolute Gasteiger partial charge is 0.123 e. The first kappa shape index (κ1) is 28.4. The molecule has 0 N–H and O–H groups in total. The number of rotatable bonds is 4. The number of benzene rings is 7. The van der Waals surface area contributed by atoms with E-state index in [0.717, 1.165) is 44.3 Å². The van der Waals surface area contributed by atoms with Gasteiger partial charge in [-0.1, -0.05) is 103 Å². The van der Waals surface area contributed by atoms with Crippen molar-refractivity contribution in [2.45, 2.75) is 0 Å². The van der Waals surface area contributed by atoms with E-state index < -0.39 is 0 Å². The molecular formula is C46H28FN3. The van der Waals surface area contributed by atoms with Gasteiger partial charge in [0.15, 0.2) is 0 Å². The molecule has 0 spiro atoms. The largest absolute Gasteiger partial charge is 0.308 e. The Balaban J connectivity index is 1.07. The fourth-order valence-corrected chi connectivity index (χ4v) is 7.71. The molecule has 0 aliphatic heterocycles. The minimum absolute atomic E-state index is 0.250. The standard InChI is InChI=1S/C46H28FN3/c47-34-18-22-43-41(26-34)36-23-24-48-28-44(36)50(43)35-19-15-30(16-20-35)42-21-17-33(27-49-42)46-39-11-5-3-9-37(39)45(38-10-4-6-12-40(38)46)32-14-13-29-7-1-2-8-31(29)25-32/h1-28H. The zero-order chi connectivity index (χ0) is 33.2.